The first kappa shape index (κ1) is 27.0. The van der Waals surface area contributed by atoms with Crippen molar-refractivity contribution < 1.29 is 18.0 Å². The lowest BCUT2D eigenvalue weighted by molar-refractivity contribution is 0.0995. The molecule has 4 N–H and O–H groups in total. The molecule has 0 aliphatic carbocycles. The fraction of sp³-hybridized carbons (Fsp3) is 0.333. The number of nitrogens with one attached hydrogen (secondary N) is 2. The van der Waals surface area contributed by atoms with E-state index in [1.54, 1.807) is 39.0 Å². The molecule has 12 heteroatoms. The van der Waals surface area contributed by atoms with Gasteiger partial charge in [0, 0.05) is 30.7 Å². The number of sulfonamides is 1. The summed E-state index contributed by atoms with van der Waals surface area (Å²) in [4.78, 5) is 30.7. The zero-order valence-electron chi connectivity index (χ0n) is 21.0. The number of nitrogens with two attached hydrogens (primary N) is 1. The van der Waals surface area contributed by atoms with Gasteiger partial charge in [-0.15, -0.1) is 0 Å². The molecule has 11 nitrogen and oxygen atoms in total. The molecule has 3 aromatic rings. The van der Waals surface area contributed by atoms with E-state index in [2.05, 4.69) is 25.0 Å². The average Bonchev–Trinajstić information content (AvgIpc) is 2.81. The second-order valence-electron chi connectivity index (χ2n) is 7.84. The number of rotatable bonds is 11. The molecule has 0 spiro atoms. The summed E-state index contributed by atoms with van der Waals surface area (Å²) in [5.74, 6) is 0.264. The smallest absolute Gasteiger partial charge is 0.252 e. The maximum atomic E-state index is 13.7. The van der Waals surface area contributed by atoms with Crippen molar-refractivity contribution in [3.05, 3.63) is 59.3 Å². The van der Waals surface area contributed by atoms with Gasteiger partial charge in [0.25, 0.3) is 5.91 Å². The third kappa shape index (κ3) is 5.78. The lowest BCUT2D eigenvalue weighted by Crippen LogP contribution is -2.29. The zero-order chi connectivity index (χ0) is 26.5. The number of primary amides is 1. The molecule has 2 aromatic heterocycles. The van der Waals surface area contributed by atoms with Crippen molar-refractivity contribution in [2.75, 3.05) is 23.5 Å². The first-order chi connectivity index (χ1) is 17.1. The fourth-order valence-electron chi connectivity index (χ4n) is 3.80. The van der Waals surface area contributed by atoms with E-state index >= 15 is 0 Å². The van der Waals surface area contributed by atoms with Gasteiger partial charge in [0.15, 0.2) is 0 Å². The quantitative estimate of drug-likeness (QED) is 0.328. The van der Waals surface area contributed by atoms with Gasteiger partial charge < -0.3 is 11.1 Å². The van der Waals surface area contributed by atoms with Gasteiger partial charge in [0.2, 0.25) is 10.0 Å². The molecule has 0 bridgehead atoms. The summed E-state index contributed by atoms with van der Waals surface area (Å²) in [5, 5.41) is 4.51. The van der Waals surface area contributed by atoms with Crippen molar-refractivity contribution in [3.63, 3.8) is 0 Å². The minimum Gasteiger partial charge on any atom is -0.365 e. The van der Waals surface area contributed by atoms with E-state index in [0.29, 0.717) is 23.8 Å². The Hall–Kier alpha value is -3.61. The fourth-order valence-corrected chi connectivity index (χ4v) is 5.20. The summed E-state index contributed by atoms with van der Waals surface area (Å²) >= 11 is 0. The molecule has 0 radical (unpaired) electrons. The molecule has 0 saturated carbocycles. The van der Waals surface area contributed by atoms with Crippen LogP contribution in [-0.2, 0) is 21.3 Å². The van der Waals surface area contributed by atoms with Crippen molar-refractivity contribution >= 4 is 38.8 Å². The molecule has 1 aromatic carbocycles. The van der Waals surface area contributed by atoms with E-state index in [0.717, 1.165) is 11.3 Å². The number of carbonyl (C=O) groups is 1. The lowest BCUT2D eigenvalue weighted by Gasteiger charge is -2.29. The Morgan fingerprint density at radius 2 is 1.86 bits per heavy atom. The maximum Gasteiger partial charge on any atom is 0.252 e. The molecule has 1 amide bonds. The van der Waals surface area contributed by atoms with Crippen molar-refractivity contribution in [2.45, 2.75) is 45.9 Å². The Kier molecular flexibility index (Phi) is 8.56. The van der Waals surface area contributed by atoms with Gasteiger partial charge in [-0.05, 0) is 44.9 Å². The third-order valence-corrected chi connectivity index (χ3v) is 6.81. The van der Waals surface area contributed by atoms with E-state index in [-0.39, 0.29) is 35.0 Å². The molecule has 192 valence electrons. The lowest BCUT2D eigenvalue weighted by atomic mass is 10.1. The van der Waals surface area contributed by atoms with E-state index in [1.807, 2.05) is 13.8 Å². The summed E-state index contributed by atoms with van der Waals surface area (Å²) in [7, 11) is -4.06. The summed E-state index contributed by atoms with van der Waals surface area (Å²) < 4.78 is 29.9. The van der Waals surface area contributed by atoms with Gasteiger partial charge >= 0.3 is 0 Å². The highest BCUT2D eigenvalue weighted by Crippen LogP contribution is 2.40. The van der Waals surface area contributed by atoms with Gasteiger partial charge in [0.1, 0.15) is 16.5 Å². The van der Waals surface area contributed by atoms with Gasteiger partial charge in [-0.25, -0.2) is 28.2 Å². The highest BCUT2D eigenvalue weighted by atomic mass is 32.2. The van der Waals surface area contributed by atoms with Gasteiger partial charge in [-0.2, -0.15) is 0 Å². The van der Waals surface area contributed by atoms with Crippen LogP contribution in [0.5, 0.6) is 0 Å². The van der Waals surface area contributed by atoms with Gasteiger partial charge in [0.05, 0.1) is 29.2 Å². The first-order valence-corrected chi connectivity index (χ1v) is 13.0. The number of pyridine rings is 1. The molecule has 0 aliphatic heterocycles. The van der Waals surface area contributed by atoms with Gasteiger partial charge in [-0.3, -0.25) is 14.6 Å². The number of carbonyl (C=O) groups excluding carboxylic acids is 1. The Balaban J connectivity index is 2.37. The van der Waals surface area contributed by atoms with Crippen LogP contribution in [0.15, 0.2) is 41.6 Å². The van der Waals surface area contributed by atoms with Crippen LogP contribution in [0.4, 0.5) is 22.9 Å². The Bertz CT molecular complexity index is 1340. The maximum absolute atomic E-state index is 13.7. The van der Waals surface area contributed by atoms with Crippen LogP contribution in [-0.4, -0.2) is 42.4 Å². The minimum absolute atomic E-state index is 0.0571. The zero-order valence-corrected chi connectivity index (χ0v) is 21.8. The second kappa shape index (κ2) is 11.4. The van der Waals surface area contributed by atoms with Crippen molar-refractivity contribution in [3.8, 4) is 0 Å². The molecule has 0 aliphatic rings. The van der Waals surface area contributed by atoms with Crippen LogP contribution in [0, 0.1) is 13.8 Å². The van der Waals surface area contributed by atoms with Crippen LogP contribution in [0.25, 0.3) is 0 Å². The normalized spacial score (nSPS) is 11.4. The number of aromatic nitrogens is 3. The number of anilines is 4. The van der Waals surface area contributed by atoms with E-state index in [9.17, 15) is 13.2 Å². The molecule has 0 unspecified atom stereocenters. The average molecular weight is 514 g/mol. The highest BCUT2D eigenvalue weighted by Gasteiger charge is 2.30. The number of hydrogen-bond donors (Lipinski definition) is 3. The van der Waals surface area contributed by atoms with Crippen LogP contribution >= 0.6 is 0 Å². The summed E-state index contributed by atoms with van der Waals surface area (Å²) in [6, 6.07) is 6.72. The monoisotopic (exact) mass is 513 g/mol. The number of nitrogens with zero attached hydrogens (tertiary/aromatic N) is 4. The minimum atomic E-state index is -4.06. The molecular formula is C24H31N7O4S. The number of amides is 1. The Labute approximate surface area is 211 Å². The summed E-state index contributed by atoms with van der Waals surface area (Å²) in [5.41, 5.74) is 7.92. The number of benzene rings is 1. The molecule has 0 fully saturated rings. The summed E-state index contributed by atoms with van der Waals surface area (Å²) in [6.07, 6.45) is 3.32. The molecule has 36 heavy (non-hydrogen) atoms. The highest BCUT2D eigenvalue weighted by molar-refractivity contribution is 7.89. The summed E-state index contributed by atoms with van der Waals surface area (Å²) in [6.45, 7) is 9.32. The standard InChI is InChI=1S/C24H31N7O4S/c1-6-17-9-10-20(31(35-8-3)19-11-12-26-14-18(19)24(25)32)23(36(33,34)27-7-2)22(17)30-21-13-15(4)28-16(5)29-21/h9-14,27H,6-8H2,1-5H3,(H2,25,32)(H,28,29,30). The molecule has 0 saturated heterocycles. The topological polar surface area (TPSA) is 152 Å². The number of hydrogen-bond acceptors (Lipinski definition) is 9. The predicted octanol–water partition coefficient (Wildman–Crippen LogP) is 3.28. The molecule has 2 heterocycles. The molecule has 3 rings (SSSR count). The van der Waals surface area contributed by atoms with Crippen LogP contribution in [0.2, 0.25) is 0 Å². The van der Waals surface area contributed by atoms with Crippen molar-refractivity contribution in [1.82, 2.24) is 19.7 Å². The van der Waals surface area contributed by atoms with E-state index < -0.39 is 15.9 Å². The predicted molar refractivity (Wildman–Crippen MR) is 138 cm³/mol. The van der Waals surface area contributed by atoms with Crippen molar-refractivity contribution in [1.29, 1.82) is 0 Å². The number of aryl methyl sites for hydroxylation is 3. The molecule has 0 atom stereocenters. The Morgan fingerprint density at radius 1 is 1.11 bits per heavy atom. The third-order valence-electron chi connectivity index (χ3n) is 5.19. The first-order valence-electron chi connectivity index (χ1n) is 11.5. The SMILES string of the molecule is CCNS(=O)(=O)c1c(N(OCC)c2ccncc2C(N)=O)ccc(CC)c1Nc1cc(C)nc(C)n1. The van der Waals surface area contributed by atoms with Gasteiger partial charge in [-0.1, -0.05) is 19.9 Å². The van der Waals surface area contributed by atoms with E-state index in [4.69, 9.17) is 10.6 Å². The second-order valence-corrected chi connectivity index (χ2v) is 9.54. The Morgan fingerprint density at radius 3 is 2.47 bits per heavy atom. The van der Waals surface area contributed by atoms with Crippen LogP contribution < -0.4 is 20.8 Å². The molecular weight excluding hydrogens is 482 g/mol. The van der Waals surface area contributed by atoms with Crippen LogP contribution in [0.3, 0.4) is 0 Å². The van der Waals surface area contributed by atoms with Crippen molar-refractivity contribution in [2.24, 2.45) is 5.73 Å². The largest absolute Gasteiger partial charge is 0.365 e. The van der Waals surface area contributed by atoms with Crippen LogP contribution in [0.1, 0.15) is 48.2 Å². The van der Waals surface area contributed by atoms with E-state index in [1.165, 1.54) is 23.5 Å².